The minimum atomic E-state index is 0.749. The molecule has 2 heterocycles. The fourth-order valence-electron chi connectivity index (χ4n) is 4.73. The molecule has 2 aromatic heterocycles. The highest BCUT2D eigenvalue weighted by Crippen LogP contribution is 2.32. The second kappa shape index (κ2) is 10.2. The van der Waals surface area contributed by atoms with Gasteiger partial charge >= 0.3 is 0 Å². The summed E-state index contributed by atoms with van der Waals surface area (Å²) in [6, 6.07) is 44.3. The number of benzene rings is 4. The van der Waals surface area contributed by atoms with E-state index in [0.717, 1.165) is 50.9 Å². The third-order valence-corrected chi connectivity index (χ3v) is 6.64. The minimum absolute atomic E-state index is 0.749. The van der Waals surface area contributed by atoms with E-state index in [1.54, 1.807) is 0 Å². The standard InChI is InChI=1S/C35H27N3/c1-24-21-25(2)37-35(36-24)31-19-17-30(18-20-31)34-23-32(27-11-7-4-8-12-27)22-33(38-34)29-15-13-28(14-16-29)26-9-5-3-6-10-26/h3-23H,1-2H3. The summed E-state index contributed by atoms with van der Waals surface area (Å²) in [5, 5.41) is 0. The number of pyridine rings is 1. The monoisotopic (exact) mass is 489 g/mol. The van der Waals surface area contributed by atoms with Gasteiger partial charge in [-0.25, -0.2) is 15.0 Å². The predicted octanol–water partition coefficient (Wildman–Crippen LogP) is 8.82. The van der Waals surface area contributed by atoms with Crippen molar-refractivity contribution in [2.24, 2.45) is 0 Å². The first-order valence-electron chi connectivity index (χ1n) is 12.8. The molecule has 4 aromatic carbocycles. The van der Waals surface area contributed by atoms with Crippen LogP contribution in [-0.4, -0.2) is 15.0 Å². The predicted molar refractivity (Wildman–Crippen MR) is 156 cm³/mol. The number of hydrogen-bond acceptors (Lipinski definition) is 3. The summed E-state index contributed by atoms with van der Waals surface area (Å²) in [5.74, 6) is 0.749. The van der Waals surface area contributed by atoms with Crippen LogP contribution in [0.25, 0.3) is 56.2 Å². The molecular weight excluding hydrogens is 462 g/mol. The lowest BCUT2D eigenvalue weighted by molar-refractivity contribution is 1.06. The van der Waals surface area contributed by atoms with Crippen LogP contribution in [0.5, 0.6) is 0 Å². The topological polar surface area (TPSA) is 38.7 Å². The maximum absolute atomic E-state index is 5.10. The van der Waals surface area contributed by atoms with Gasteiger partial charge in [0.15, 0.2) is 5.82 Å². The molecule has 0 aliphatic rings. The molecular formula is C35H27N3. The van der Waals surface area contributed by atoms with Crippen molar-refractivity contribution >= 4 is 0 Å². The molecule has 0 atom stereocenters. The highest BCUT2D eigenvalue weighted by molar-refractivity contribution is 5.78. The van der Waals surface area contributed by atoms with Crippen molar-refractivity contribution in [2.45, 2.75) is 13.8 Å². The van der Waals surface area contributed by atoms with Gasteiger partial charge in [-0.1, -0.05) is 109 Å². The van der Waals surface area contributed by atoms with Crippen molar-refractivity contribution < 1.29 is 0 Å². The van der Waals surface area contributed by atoms with Gasteiger partial charge in [0.1, 0.15) is 0 Å². The zero-order valence-corrected chi connectivity index (χ0v) is 21.5. The van der Waals surface area contributed by atoms with Crippen LogP contribution in [0.1, 0.15) is 11.4 Å². The number of nitrogens with zero attached hydrogens (tertiary/aromatic N) is 3. The molecule has 0 saturated carbocycles. The van der Waals surface area contributed by atoms with Crippen LogP contribution in [0.4, 0.5) is 0 Å². The van der Waals surface area contributed by atoms with Gasteiger partial charge in [0, 0.05) is 28.1 Å². The Kier molecular flexibility index (Phi) is 6.33. The van der Waals surface area contributed by atoms with Crippen molar-refractivity contribution in [2.75, 3.05) is 0 Å². The van der Waals surface area contributed by atoms with Crippen molar-refractivity contribution in [1.29, 1.82) is 0 Å². The Bertz CT molecular complexity index is 1670. The van der Waals surface area contributed by atoms with Gasteiger partial charge in [-0.2, -0.15) is 0 Å². The quantitative estimate of drug-likeness (QED) is 0.243. The van der Waals surface area contributed by atoms with Crippen LogP contribution in [-0.2, 0) is 0 Å². The first-order valence-corrected chi connectivity index (χ1v) is 12.8. The van der Waals surface area contributed by atoms with Crippen molar-refractivity contribution in [3.8, 4) is 56.2 Å². The molecule has 0 unspecified atom stereocenters. The number of hydrogen-bond donors (Lipinski definition) is 0. The van der Waals surface area contributed by atoms with Crippen LogP contribution in [0, 0.1) is 13.8 Å². The van der Waals surface area contributed by atoms with E-state index in [4.69, 9.17) is 4.98 Å². The number of rotatable bonds is 5. The maximum Gasteiger partial charge on any atom is 0.159 e. The molecule has 0 aliphatic carbocycles. The molecule has 38 heavy (non-hydrogen) atoms. The summed E-state index contributed by atoms with van der Waals surface area (Å²) in [6.07, 6.45) is 0. The average molecular weight is 490 g/mol. The Morgan fingerprint density at radius 1 is 0.342 bits per heavy atom. The molecule has 0 saturated heterocycles. The summed E-state index contributed by atoms with van der Waals surface area (Å²) in [5.41, 5.74) is 11.7. The summed E-state index contributed by atoms with van der Waals surface area (Å²) in [4.78, 5) is 14.3. The smallest absolute Gasteiger partial charge is 0.159 e. The lowest BCUT2D eigenvalue weighted by Crippen LogP contribution is -1.95. The third kappa shape index (κ3) is 5.00. The largest absolute Gasteiger partial charge is 0.248 e. The van der Waals surface area contributed by atoms with E-state index in [2.05, 4.69) is 119 Å². The van der Waals surface area contributed by atoms with Gasteiger partial charge in [0.05, 0.1) is 11.4 Å². The molecule has 6 rings (SSSR count). The van der Waals surface area contributed by atoms with Crippen molar-refractivity contribution in [1.82, 2.24) is 15.0 Å². The van der Waals surface area contributed by atoms with Crippen LogP contribution in [0.15, 0.2) is 127 Å². The fourth-order valence-corrected chi connectivity index (χ4v) is 4.73. The van der Waals surface area contributed by atoms with Crippen molar-refractivity contribution in [3.63, 3.8) is 0 Å². The van der Waals surface area contributed by atoms with E-state index in [0.29, 0.717) is 0 Å². The summed E-state index contributed by atoms with van der Waals surface area (Å²) in [6.45, 7) is 4.00. The molecule has 0 radical (unpaired) electrons. The summed E-state index contributed by atoms with van der Waals surface area (Å²) in [7, 11) is 0. The summed E-state index contributed by atoms with van der Waals surface area (Å²) >= 11 is 0. The molecule has 0 amide bonds. The van der Waals surface area contributed by atoms with E-state index in [9.17, 15) is 0 Å². The molecule has 0 aliphatic heterocycles. The van der Waals surface area contributed by atoms with Crippen LogP contribution in [0.3, 0.4) is 0 Å². The van der Waals surface area contributed by atoms with Crippen LogP contribution in [0.2, 0.25) is 0 Å². The Morgan fingerprint density at radius 3 is 1.24 bits per heavy atom. The van der Waals surface area contributed by atoms with E-state index in [1.807, 2.05) is 32.0 Å². The molecule has 6 aromatic rings. The van der Waals surface area contributed by atoms with E-state index in [-0.39, 0.29) is 0 Å². The molecule has 3 nitrogen and oxygen atoms in total. The Labute approximate surface area is 223 Å². The lowest BCUT2D eigenvalue weighted by atomic mass is 9.98. The number of aromatic nitrogens is 3. The SMILES string of the molecule is Cc1cc(C)nc(-c2ccc(-c3cc(-c4ccccc4)cc(-c4ccc(-c5ccccc5)cc4)n3)cc2)n1. The molecule has 0 fully saturated rings. The van der Waals surface area contributed by atoms with E-state index < -0.39 is 0 Å². The van der Waals surface area contributed by atoms with Gasteiger partial charge < -0.3 is 0 Å². The molecule has 182 valence electrons. The van der Waals surface area contributed by atoms with Gasteiger partial charge in [0.2, 0.25) is 0 Å². The number of aryl methyl sites for hydroxylation is 2. The lowest BCUT2D eigenvalue weighted by Gasteiger charge is -2.11. The third-order valence-electron chi connectivity index (χ3n) is 6.64. The zero-order chi connectivity index (χ0) is 25.9. The molecule has 0 N–H and O–H groups in total. The normalized spacial score (nSPS) is 10.9. The molecule has 3 heteroatoms. The second-order valence-electron chi connectivity index (χ2n) is 9.49. The zero-order valence-electron chi connectivity index (χ0n) is 21.5. The highest BCUT2D eigenvalue weighted by Gasteiger charge is 2.11. The highest BCUT2D eigenvalue weighted by atomic mass is 14.9. The fraction of sp³-hybridized carbons (Fsp3) is 0.0571. The maximum atomic E-state index is 5.10. The van der Waals surface area contributed by atoms with E-state index in [1.165, 1.54) is 16.7 Å². The van der Waals surface area contributed by atoms with E-state index >= 15 is 0 Å². The van der Waals surface area contributed by atoms with Gasteiger partial charge in [-0.05, 0) is 54.3 Å². The Hall–Kier alpha value is -4.89. The van der Waals surface area contributed by atoms with Gasteiger partial charge in [-0.3, -0.25) is 0 Å². The molecule has 0 bridgehead atoms. The van der Waals surface area contributed by atoms with Crippen LogP contribution < -0.4 is 0 Å². The van der Waals surface area contributed by atoms with Crippen LogP contribution >= 0.6 is 0 Å². The van der Waals surface area contributed by atoms with Crippen molar-refractivity contribution in [3.05, 3.63) is 139 Å². The minimum Gasteiger partial charge on any atom is -0.248 e. The first-order chi connectivity index (χ1) is 18.6. The first kappa shape index (κ1) is 23.5. The van der Waals surface area contributed by atoms with Gasteiger partial charge in [-0.15, -0.1) is 0 Å². The average Bonchev–Trinajstić information content (AvgIpc) is 2.97. The van der Waals surface area contributed by atoms with Gasteiger partial charge in [0.25, 0.3) is 0 Å². The second-order valence-corrected chi connectivity index (χ2v) is 9.49. The summed E-state index contributed by atoms with van der Waals surface area (Å²) < 4.78 is 0. The Morgan fingerprint density at radius 2 is 0.737 bits per heavy atom. The Balaban J connectivity index is 1.40. The molecule has 0 spiro atoms.